The van der Waals surface area contributed by atoms with E-state index in [-0.39, 0.29) is 16.5 Å². The number of halogens is 1. The fourth-order valence-corrected chi connectivity index (χ4v) is 2.37. The Balaban J connectivity index is 2.09. The van der Waals surface area contributed by atoms with Crippen LogP contribution in [-0.2, 0) is 5.41 Å². The molecule has 0 aliphatic heterocycles. The molecule has 0 bridgehead atoms. The first-order chi connectivity index (χ1) is 8.86. The minimum Gasteiger partial charge on any atom is -0.338 e. The third kappa shape index (κ3) is 3.56. The van der Waals surface area contributed by atoms with Gasteiger partial charge in [0.05, 0.1) is 5.25 Å². The summed E-state index contributed by atoms with van der Waals surface area (Å²) in [6, 6.07) is 6.39. The Hall–Kier alpha value is -1.36. The highest BCUT2D eigenvalue weighted by atomic mass is 32.2. The van der Waals surface area contributed by atoms with Gasteiger partial charge in [-0.15, -0.1) is 11.8 Å². The average Bonchev–Trinajstić information content (AvgIpc) is 2.81. The lowest BCUT2D eigenvalue weighted by atomic mass is 9.96. The van der Waals surface area contributed by atoms with Crippen LogP contribution in [0.2, 0.25) is 0 Å². The van der Waals surface area contributed by atoms with E-state index in [2.05, 4.69) is 10.1 Å². The predicted octanol–water partition coefficient (Wildman–Crippen LogP) is 4.36. The smallest absolute Gasteiger partial charge is 0.239 e. The molecule has 0 saturated carbocycles. The largest absolute Gasteiger partial charge is 0.338 e. The summed E-state index contributed by atoms with van der Waals surface area (Å²) in [4.78, 5) is 5.40. The molecule has 19 heavy (non-hydrogen) atoms. The number of hydrogen-bond donors (Lipinski definition) is 0. The molecule has 2 aromatic rings. The van der Waals surface area contributed by atoms with E-state index in [0.717, 1.165) is 4.90 Å². The molecule has 0 spiro atoms. The van der Waals surface area contributed by atoms with E-state index in [1.54, 1.807) is 23.9 Å². The maximum absolute atomic E-state index is 12.8. The maximum Gasteiger partial charge on any atom is 0.239 e. The van der Waals surface area contributed by atoms with Gasteiger partial charge in [-0.1, -0.05) is 25.9 Å². The van der Waals surface area contributed by atoms with Crippen LogP contribution in [0.5, 0.6) is 0 Å². The molecular formula is C14H17FN2OS. The van der Waals surface area contributed by atoms with Gasteiger partial charge in [0.2, 0.25) is 5.89 Å². The summed E-state index contributed by atoms with van der Waals surface area (Å²) in [5, 5.41) is 4.04. The number of rotatable bonds is 3. The SMILES string of the molecule is CC(Sc1ccc(F)cc1)c1nc(C(C)(C)C)no1. The van der Waals surface area contributed by atoms with Crippen LogP contribution in [0.3, 0.4) is 0 Å². The molecule has 0 saturated heterocycles. The lowest BCUT2D eigenvalue weighted by Gasteiger charge is -2.11. The molecular weight excluding hydrogens is 263 g/mol. The molecule has 0 N–H and O–H groups in total. The van der Waals surface area contributed by atoms with Gasteiger partial charge in [0, 0.05) is 10.3 Å². The normalized spacial score (nSPS) is 13.5. The molecule has 5 heteroatoms. The van der Waals surface area contributed by atoms with Crippen molar-refractivity contribution < 1.29 is 8.91 Å². The van der Waals surface area contributed by atoms with Gasteiger partial charge in [-0.05, 0) is 31.2 Å². The van der Waals surface area contributed by atoms with Crippen LogP contribution in [0.1, 0.15) is 44.7 Å². The van der Waals surface area contributed by atoms with Gasteiger partial charge in [-0.3, -0.25) is 0 Å². The molecule has 0 fully saturated rings. The summed E-state index contributed by atoms with van der Waals surface area (Å²) in [6.07, 6.45) is 0. The zero-order chi connectivity index (χ0) is 14.0. The van der Waals surface area contributed by atoms with E-state index in [4.69, 9.17) is 4.52 Å². The third-order valence-corrected chi connectivity index (χ3v) is 3.69. The second-order valence-electron chi connectivity index (χ2n) is 5.42. The molecule has 0 radical (unpaired) electrons. The van der Waals surface area contributed by atoms with Crippen molar-refractivity contribution in [2.75, 3.05) is 0 Å². The Morgan fingerprint density at radius 2 is 1.84 bits per heavy atom. The third-order valence-electron chi connectivity index (χ3n) is 2.59. The Bertz CT molecular complexity index is 545. The van der Waals surface area contributed by atoms with E-state index in [9.17, 15) is 4.39 Å². The van der Waals surface area contributed by atoms with Gasteiger partial charge in [0.25, 0.3) is 0 Å². The fraction of sp³-hybridized carbons (Fsp3) is 0.429. The monoisotopic (exact) mass is 280 g/mol. The van der Waals surface area contributed by atoms with Crippen molar-refractivity contribution in [3.05, 3.63) is 41.8 Å². The fourth-order valence-electron chi connectivity index (χ4n) is 1.47. The van der Waals surface area contributed by atoms with Crippen LogP contribution in [0, 0.1) is 5.82 Å². The molecule has 1 unspecified atom stereocenters. The first-order valence-corrected chi connectivity index (χ1v) is 7.00. The van der Waals surface area contributed by atoms with Crippen molar-refractivity contribution in [2.24, 2.45) is 0 Å². The molecule has 1 heterocycles. The standard InChI is InChI=1S/C14H17FN2OS/c1-9(19-11-7-5-10(15)6-8-11)12-16-13(17-18-12)14(2,3)4/h5-9H,1-4H3. The molecule has 1 aromatic carbocycles. The first-order valence-electron chi connectivity index (χ1n) is 6.12. The molecule has 1 aromatic heterocycles. The van der Waals surface area contributed by atoms with Crippen molar-refractivity contribution in [2.45, 2.75) is 43.3 Å². The summed E-state index contributed by atoms with van der Waals surface area (Å²) in [7, 11) is 0. The van der Waals surface area contributed by atoms with Crippen LogP contribution >= 0.6 is 11.8 Å². The number of thioether (sulfide) groups is 1. The Morgan fingerprint density at radius 3 is 2.37 bits per heavy atom. The van der Waals surface area contributed by atoms with Crippen LogP contribution in [0.4, 0.5) is 4.39 Å². The van der Waals surface area contributed by atoms with Gasteiger partial charge in [0.1, 0.15) is 5.82 Å². The Kier molecular flexibility index (Phi) is 3.94. The minimum atomic E-state index is -0.232. The highest BCUT2D eigenvalue weighted by Crippen LogP contribution is 2.34. The summed E-state index contributed by atoms with van der Waals surface area (Å²) in [5.74, 6) is 1.07. The Morgan fingerprint density at radius 1 is 1.21 bits per heavy atom. The second-order valence-corrected chi connectivity index (χ2v) is 6.83. The summed E-state index contributed by atoms with van der Waals surface area (Å²) >= 11 is 1.57. The molecule has 3 nitrogen and oxygen atoms in total. The van der Waals surface area contributed by atoms with Crippen LogP contribution < -0.4 is 0 Å². The molecule has 1 atom stereocenters. The van der Waals surface area contributed by atoms with Gasteiger partial charge < -0.3 is 4.52 Å². The first kappa shape index (κ1) is 14.1. The van der Waals surface area contributed by atoms with Gasteiger partial charge >= 0.3 is 0 Å². The summed E-state index contributed by atoms with van der Waals surface area (Å²) < 4.78 is 18.1. The lowest BCUT2D eigenvalue weighted by Crippen LogP contribution is -2.13. The molecule has 0 amide bonds. The molecule has 102 valence electrons. The van der Waals surface area contributed by atoms with E-state index < -0.39 is 0 Å². The van der Waals surface area contributed by atoms with E-state index >= 15 is 0 Å². The number of nitrogens with zero attached hydrogens (tertiary/aromatic N) is 2. The van der Waals surface area contributed by atoms with Crippen molar-refractivity contribution >= 4 is 11.8 Å². The number of benzene rings is 1. The predicted molar refractivity (Wildman–Crippen MR) is 73.7 cm³/mol. The zero-order valence-electron chi connectivity index (χ0n) is 11.5. The van der Waals surface area contributed by atoms with E-state index in [1.165, 1.54) is 12.1 Å². The second kappa shape index (κ2) is 5.33. The van der Waals surface area contributed by atoms with Crippen LogP contribution in [0.15, 0.2) is 33.7 Å². The van der Waals surface area contributed by atoms with E-state index in [1.807, 2.05) is 27.7 Å². The quantitative estimate of drug-likeness (QED) is 0.783. The Labute approximate surface area is 116 Å². The lowest BCUT2D eigenvalue weighted by molar-refractivity contribution is 0.364. The molecule has 0 aliphatic carbocycles. The maximum atomic E-state index is 12.8. The van der Waals surface area contributed by atoms with E-state index in [0.29, 0.717) is 11.7 Å². The van der Waals surface area contributed by atoms with Gasteiger partial charge in [0.15, 0.2) is 5.82 Å². The number of aromatic nitrogens is 2. The summed E-state index contributed by atoms with van der Waals surface area (Å²) in [6.45, 7) is 8.12. The molecule has 0 aliphatic rings. The summed E-state index contributed by atoms with van der Waals surface area (Å²) in [5.41, 5.74) is -0.123. The topological polar surface area (TPSA) is 38.9 Å². The highest BCUT2D eigenvalue weighted by Gasteiger charge is 2.23. The van der Waals surface area contributed by atoms with Gasteiger partial charge in [-0.2, -0.15) is 4.98 Å². The zero-order valence-corrected chi connectivity index (χ0v) is 12.3. The van der Waals surface area contributed by atoms with Crippen LogP contribution in [0.25, 0.3) is 0 Å². The molecule has 2 rings (SSSR count). The average molecular weight is 280 g/mol. The van der Waals surface area contributed by atoms with Gasteiger partial charge in [-0.25, -0.2) is 4.39 Å². The van der Waals surface area contributed by atoms with Crippen molar-refractivity contribution in [1.29, 1.82) is 0 Å². The van der Waals surface area contributed by atoms with Crippen LogP contribution in [-0.4, -0.2) is 10.1 Å². The van der Waals surface area contributed by atoms with Crippen molar-refractivity contribution in [3.63, 3.8) is 0 Å². The highest BCUT2D eigenvalue weighted by molar-refractivity contribution is 7.99. The van der Waals surface area contributed by atoms with Crippen molar-refractivity contribution in [3.8, 4) is 0 Å². The number of hydrogen-bond acceptors (Lipinski definition) is 4. The van der Waals surface area contributed by atoms with Crippen molar-refractivity contribution in [1.82, 2.24) is 10.1 Å². The minimum absolute atomic E-state index is 0.0362.